The van der Waals surface area contributed by atoms with Crippen LogP contribution in [-0.4, -0.2) is 70.5 Å². The second-order valence-corrected chi connectivity index (χ2v) is 7.48. The van der Waals surface area contributed by atoms with Crippen molar-refractivity contribution in [2.45, 2.75) is 45.1 Å². The van der Waals surface area contributed by atoms with Crippen molar-refractivity contribution >= 4 is 5.96 Å². The van der Waals surface area contributed by atoms with E-state index in [2.05, 4.69) is 41.5 Å². The number of guanidine groups is 1. The van der Waals surface area contributed by atoms with Crippen LogP contribution < -0.4 is 15.4 Å². The van der Waals surface area contributed by atoms with Gasteiger partial charge in [-0.3, -0.25) is 4.99 Å². The monoisotopic (exact) mass is 390 g/mol. The number of methoxy groups -OCH3 is 2. The molecule has 0 saturated carbocycles. The van der Waals surface area contributed by atoms with E-state index in [1.54, 1.807) is 14.2 Å². The fraction of sp³-hybridized carbons (Fsp3) is 0.682. The van der Waals surface area contributed by atoms with E-state index in [4.69, 9.17) is 14.5 Å². The Bertz CT molecular complexity index is 568. The summed E-state index contributed by atoms with van der Waals surface area (Å²) in [6.45, 7) is 10.2. The van der Waals surface area contributed by atoms with Gasteiger partial charge in [-0.15, -0.1) is 0 Å². The second-order valence-electron chi connectivity index (χ2n) is 7.48. The number of benzene rings is 1. The Labute approximate surface area is 170 Å². The molecule has 6 heteroatoms. The molecule has 0 spiro atoms. The van der Waals surface area contributed by atoms with Gasteiger partial charge >= 0.3 is 0 Å². The van der Waals surface area contributed by atoms with Crippen LogP contribution in [0.4, 0.5) is 0 Å². The molecule has 0 aliphatic carbocycles. The Morgan fingerprint density at radius 3 is 2.54 bits per heavy atom. The van der Waals surface area contributed by atoms with E-state index in [-0.39, 0.29) is 0 Å². The fourth-order valence-corrected chi connectivity index (χ4v) is 3.50. The molecule has 1 heterocycles. The van der Waals surface area contributed by atoms with Crippen molar-refractivity contribution in [3.05, 3.63) is 29.8 Å². The zero-order valence-corrected chi connectivity index (χ0v) is 18.0. The van der Waals surface area contributed by atoms with Gasteiger partial charge in [0, 0.05) is 45.9 Å². The third-order valence-electron chi connectivity index (χ3n) is 5.40. The summed E-state index contributed by atoms with van der Waals surface area (Å²) >= 11 is 0. The first-order chi connectivity index (χ1) is 13.7. The number of ether oxygens (including phenoxy) is 2. The minimum atomic E-state index is 0.474. The summed E-state index contributed by atoms with van der Waals surface area (Å²) in [5.74, 6) is 2.32. The number of rotatable bonds is 10. The highest BCUT2D eigenvalue weighted by molar-refractivity contribution is 5.80. The number of likely N-dealkylation sites (tertiary alicyclic amines) is 1. The van der Waals surface area contributed by atoms with Crippen molar-refractivity contribution in [2.75, 3.05) is 53.6 Å². The molecule has 0 radical (unpaired) electrons. The van der Waals surface area contributed by atoms with Crippen LogP contribution in [0.15, 0.2) is 29.3 Å². The zero-order valence-electron chi connectivity index (χ0n) is 18.0. The van der Waals surface area contributed by atoms with Crippen LogP contribution >= 0.6 is 0 Å². The van der Waals surface area contributed by atoms with Gasteiger partial charge in [-0.1, -0.05) is 19.1 Å². The lowest BCUT2D eigenvalue weighted by atomic mass is 9.98. The standard InChI is InChI=1S/C22H38N4O2/c1-5-23-22(25-20-11-14-26(15-12-20)16-17-27-3)24-13-10-18(2)19-6-8-21(28-4)9-7-19/h6-9,18,20H,5,10-17H2,1-4H3,(H2,23,24,25). The molecule has 1 aliphatic heterocycles. The lowest BCUT2D eigenvalue weighted by molar-refractivity contribution is 0.128. The molecule has 6 nitrogen and oxygen atoms in total. The first-order valence-corrected chi connectivity index (χ1v) is 10.6. The summed E-state index contributed by atoms with van der Waals surface area (Å²) in [7, 11) is 3.47. The molecule has 1 unspecified atom stereocenters. The van der Waals surface area contributed by atoms with Crippen molar-refractivity contribution in [1.29, 1.82) is 0 Å². The third-order valence-corrected chi connectivity index (χ3v) is 5.40. The lowest BCUT2D eigenvalue weighted by Crippen LogP contribution is -2.49. The van der Waals surface area contributed by atoms with E-state index in [0.29, 0.717) is 12.0 Å². The molecule has 1 saturated heterocycles. The van der Waals surface area contributed by atoms with E-state index in [1.165, 1.54) is 5.56 Å². The van der Waals surface area contributed by atoms with Gasteiger partial charge in [-0.25, -0.2) is 0 Å². The van der Waals surface area contributed by atoms with Gasteiger partial charge in [-0.05, 0) is 49.8 Å². The maximum Gasteiger partial charge on any atom is 0.191 e. The summed E-state index contributed by atoms with van der Waals surface area (Å²) in [4.78, 5) is 7.29. The maximum absolute atomic E-state index is 5.24. The second kappa shape index (κ2) is 12.6. The Balaban J connectivity index is 1.78. The normalized spacial score (nSPS) is 17.4. The van der Waals surface area contributed by atoms with Gasteiger partial charge in [-0.2, -0.15) is 0 Å². The Morgan fingerprint density at radius 1 is 1.21 bits per heavy atom. The highest BCUT2D eigenvalue weighted by Gasteiger charge is 2.19. The molecule has 1 aromatic rings. The summed E-state index contributed by atoms with van der Waals surface area (Å²) in [6.07, 6.45) is 3.32. The molecular formula is C22H38N4O2. The van der Waals surface area contributed by atoms with Crippen molar-refractivity contribution in [3.63, 3.8) is 0 Å². The SMILES string of the molecule is CCNC(=NCCC(C)c1ccc(OC)cc1)NC1CCN(CCOC)CC1. The van der Waals surface area contributed by atoms with Crippen molar-refractivity contribution in [2.24, 2.45) is 4.99 Å². The molecule has 1 aliphatic rings. The summed E-state index contributed by atoms with van der Waals surface area (Å²) in [5, 5.41) is 7.02. The van der Waals surface area contributed by atoms with Crippen LogP contribution in [-0.2, 0) is 4.74 Å². The van der Waals surface area contributed by atoms with Crippen molar-refractivity contribution < 1.29 is 9.47 Å². The van der Waals surface area contributed by atoms with Crippen LogP contribution in [0.5, 0.6) is 5.75 Å². The van der Waals surface area contributed by atoms with Crippen LogP contribution in [0.1, 0.15) is 44.6 Å². The number of nitrogens with one attached hydrogen (secondary N) is 2. The first kappa shape index (κ1) is 22.5. The largest absolute Gasteiger partial charge is 0.497 e. The average molecular weight is 391 g/mol. The zero-order chi connectivity index (χ0) is 20.2. The molecule has 28 heavy (non-hydrogen) atoms. The third kappa shape index (κ3) is 7.68. The van der Waals surface area contributed by atoms with E-state index in [9.17, 15) is 0 Å². The predicted molar refractivity (Wildman–Crippen MR) is 116 cm³/mol. The highest BCUT2D eigenvalue weighted by atomic mass is 16.5. The topological polar surface area (TPSA) is 58.1 Å². The smallest absolute Gasteiger partial charge is 0.191 e. The van der Waals surface area contributed by atoms with Crippen LogP contribution in [0.25, 0.3) is 0 Å². The van der Waals surface area contributed by atoms with Gasteiger partial charge in [0.15, 0.2) is 5.96 Å². The Kier molecular flexibility index (Phi) is 10.1. The summed E-state index contributed by atoms with van der Waals surface area (Å²) < 4.78 is 10.4. The number of aliphatic imine (C=N–C) groups is 1. The summed E-state index contributed by atoms with van der Waals surface area (Å²) in [6, 6.07) is 8.84. The van der Waals surface area contributed by atoms with Gasteiger partial charge in [0.1, 0.15) is 5.75 Å². The van der Waals surface area contributed by atoms with Crippen LogP contribution in [0.2, 0.25) is 0 Å². The van der Waals surface area contributed by atoms with Crippen molar-refractivity contribution in [1.82, 2.24) is 15.5 Å². The fourth-order valence-electron chi connectivity index (χ4n) is 3.50. The number of hydrogen-bond acceptors (Lipinski definition) is 4. The molecule has 2 N–H and O–H groups in total. The van der Waals surface area contributed by atoms with Gasteiger partial charge in [0.25, 0.3) is 0 Å². The van der Waals surface area contributed by atoms with Crippen LogP contribution in [0, 0.1) is 0 Å². The quantitative estimate of drug-likeness (QED) is 0.475. The van der Waals surface area contributed by atoms with Gasteiger partial charge in [0.05, 0.1) is 13.7 Å². The summed E-state index contributed by atoms with van der Waals surface area (Å²) in [5.41, 5.74) is 1.33. The molecular weight excluding hydrogens is 352 g/mol. The number of piperidine rings is 1. The minimum absolute atomic E-state index is 0.474. The van der Waals surface area contributed by atoms with E-state index in [1.807, 2.05) is 12.1 Å². The molecule has 1 aromatic carbocycles. The molecule has 2 rings (SSSR count). The lowest BCUT2D eigenvalue weighted by Gasteiger charge is -2.32. The van der Waals surface area contributed by atoms with Gasteiger partial charge in [0.2, 0.25) is 0 Å². The maximum atomic E-state index is 5.24. The number of nitrogens with zero attached hydrogens (tertiary/aromatic N) is 2. The Hall–Kier alpha value is -1.79. The van der Waals surface area contributed by atoms with Crippen molar-refractivity contribution in [3.8, 4) is 5.75 Å². The molecule has 1 atom stereocenters. The minimum Gasteiger partial charge on any atom is -0.497 e. The van der Waals surface area contributed by atoms with Crippen LogP contribution in [0.3, 0.4) is 0 Å². The molecule has 1 fully saturated rings. The highest BCUT2D eigenvalue weighted by Crippen LogP contribution is 2.21. The van der Waals surface area contributed by atoms with E-state index >= 15 is 0 Å². The number of hydrogen-bond donors (Lipinski definition) is 2. The molecule has 158 valence electrons. The molecule has 0 aromatic heterocycles. The first-order valence-electron chi connectivity index (χ1n) is 10.6. The van der Waals surface area contributed by atoms with E-state index < -0.39 is 0 Å². The van der Waals surface area contributed by atoms with E-state index in [0.717, 1.165) is 70.3 Å². The molecule has 0 bridgehead atoms. The van der Waals surface area contributed by atoms with Gasteiger partial charge < -0.3 is 25.0 Å². The molecule has 0 amide bonds. The Morgan fingerprint density at radius 2 is 1.93 bits per heavy atom. The predicted octanol–water partition coefficient (Wildman–Crippen LogP) is 2.85. The average Bonchev–Trinajstić information content (AvgIpc) is 2.73.